The summed E-state index contributed by atoms with van der Waals surface area (Å²) < 4.78 is 0. The van der Waals surface area contributed by atoms with Crippen LogP contribution >= 0.6 is 11.8 Å². The Hall–Kier alpha value is -0.970. The highest BCUT2D eigenvalue weighted by Crippen LogP contribution is 2.02. The minimum absolute atomic E-state index is 0. The monoisotopic (exact) mass is 172 g/mol. The van der Waals surface area contributed by atoms with Crippen LogP contribution in [0.1, 0.15) is 8.55 Å². The molecule has 1 rings (SSSR count). The number of imidazole rings is 1. The van der Waals surface area contributed by atoms with Crippen LogP contribution in [0.15, 0.2) is 12.5 Å². The summed E-state index contributed by atoms with van der Waals surface area (Å²) in [4.78, 5) is 6.85. The van der Waals surface area contributed by atoms with E-state index in [1.54, 1.807) is 12.5 Å². The van der Waals surface area contributed by atoms with Crippen LogP contribution in [-0.2, 0) is 6.42 Å². The summed E-state index contributed by atoms with van der Waals surface area (Å²) in [7, 11) is 0. The number of hydrogen-bond acceptors (Lipinski definition) is 3. The van der Waals surface area contributed by atoms with Gasteiger partial charge in [0.2, 0.25) is 0 Å². The lowest BCUT2D eigenvalue weighted by molar-refractivity contribution is 1.08. The average Bonchev–Trinajstić information content (AvgIpc) is 2.39. The second-order valence-corrected chi connectivity index (χ2v) is 3.18. The van der Waals surface area contributed by atoms with Crippen LogP contribution in [0.5, 0.6) is 0 Å². The van der Waals surface area contributed by atoms with Gasteiger partial charge >= 0.3 is 2.85 Å². The van der Waals surface area contributed by atoms with Gasteiger partial charge in [-0.15, -0.1) is 0 Å². The highest BCUT2D eigenvalue weighted by Gasteiger charge is 1.94. The van der Waals surface area contributed by atoms with Gasteiger partial charge in [-0.2, -0.15) is 0 Å². The second-order valence-electron chi connectivity index (χ2n) is 2.04. The molecule has 0 aliphatic heterocycles. The van der Waals surface area contributed by atoms with Crippen LogP contribution in [-0.4, -0.2) is 20.9 Å². The number of rotatable bonds is 3. The number of nitrogens with zero attached hydrogens (tertiary/aromatic N) is 1. The lowest BCUT2D eigenvalue weighted by Crippen LogP contribution is -2.05. The Kier molecular flexibility index (Phi) is 2.97. The van der Waals surface area contributed by atoms with E-state index < -0.39 is 0 Å². The van der Waals surface area contributed by atoms with E-state index in [1.165, 1.54) is 11.8 Å². The number of aryl methyl sites for hydroxylation is 1. The number of nitrogens with two attached hydrogens (primary N) is 1. The fourth-order valence-corrected chi connectivity index (χ4v) is 1.23. The Labute approximate surface area is 72.1 Å². The van der Waals surface area contributed by atoms with Crippen molar-refractivity contribution in [2.45, 2.75) is 6.42 Å². The number of thioether (sulfide) groups is 1. The molecule has 0 amide bonds. The van der Waals surface area contributed by atoms with Gasteiger partial charge in [-0.05, 0) is 6.42 Å². The number of aromatic nitrogens is 2. The summed E-state index contributed by atoms with van der Waals surface area (Å²) in [6, 6.07) is 0. The highest BCUT2D eigenvalue weighted by molar-refractivity contribution is 8.13. The van der Waals surface area contributed by atoms with Crippen LogP contribution in [0.25, 0.3) is 0 Å². The molecule has 1 aromatic heterocycles. The zero-order valence-electron chi connectivity index (χ0n) is 8.00. The molecule has 5 heteroatoms. The van der Waals surface area contributed by atoms with Gasteiger partial charge in [0.15, 0.2) is 5.17 Å². The molecule has 4 nitrogen and oxygen atoms in total. The fraction of sp³-hybridized carbons (Fsp3) is 0.333. The Balaban J connectivity index is 0. The highest BCUT2D eigenvalue weighted by atomic mass is 32.2. The lowest BCUT2D eigenvalue weighted by atomic mass is 10.4. The van der Waals surface area contributed by atoms with E-state index >= 15 is 0 Å². The molecule has 0 aliphatic rings. The van der Waals surface area contributed by atoms with Crippen molar-refractivity contribution >= 4 is 16.9 Å². The van der Waals surface area contributed by atoms with E-state index in [1.807, 2.05) is 0 Å². The van der Waals surface area contributed by atoms with Crippen LogP contribution in [0.2, 0.25) is 0 Å². The number of amidine groups is 1. The molecule has 60 valence electrons. The van der Waals surface area contributed by atoms with E-state index in [4.69, 9.17) is 11.1 Å². The summed E-state index contributed by atoms with van der Waals surface area (Å²) in [5, 5.41) is 7.11. The third-order valence-electron chi connectivity index (χ3n) is 1.18. The number of hydrogen-bond donors (Lipinski definition) is 3. The molecule has 1 heterocycles. The Bertz CT molecular complexity index is 227. The SMILES string of the molecule is N=C(N)SCCc1cnc[nH]1.[H+].[H+]. The standard InChI is InChI=1S/C6H10N4S/c7-6(8)11-2-1-5-3-9-4-10-5/h3-4H,1-2H2,(H3,7,8)(H,9,10)/p+2. The molecule has 0 spiro atoms. The van der Waals surface area contributed by atoms with Crippen molar-refractivity contribution in [3.8, 4) is 0 Å². The van der Waals surface area contributed by atoms with Crippen LogP contribution in [0, 0.1) is 5.41 Å². The summed E-state index contributed by atoms with van der Waals surface area (Å²) in [5.41, 5.74) is 6.23. The first-order chi connectivity index (χ1) is 5.29. The maximum absolute atomic E-state index is 6.94. The smallest absolute Gasteiger partial charge is 0.379 e. The van der Waals surface area contributed by atoms with Gasteiger partial charge in [-0.25, -0.2) is 4.98 Å². The maximum Gasteiger partial charge on any atom is 1.00 e. The van der Waals surface area contributed by atoms with Gasteiger partial charge in [0.25, 0.3) is 0 Å². The van der Waals surface area contributed by atoms with Gasteiger partial charge in [0, 0.05) is 17.6 Å². The van der Waals surface area contributed by atoms with E-state index in [-0.39, 0.29) is 8.02 Å². The van der Waals surface area contributed by atoms with Crippen molar-refractivity contribution in [3.63, 3.8) is 0 Å². The van der Waals surface area contributed by atoms with Gasteiger partial charge < -0.3 is 10.7 Å². The summed E-state index contributed by atoms with van der Waals surface area (Å²) in [5.74, 6) is 0.831. The first kappa shape index (κ1) is 8.13. The van der Waals surface area contributed by atoms with Gasteiger partial charge in [0.05, 0.1) is 6.33 Å². The Morgan fingerprint density at radius 2 is 2.73 bits per heavy atom. The predicted molar refractivity (Wildman–Crippen MR) is 48.9 cm³/mol. The minimum atomic E-state index is 0. The van der Waals surface area contributed by atoms with Crippen LogP contribution in [0.3, 0.4) is 0 Å². The second kappa shape index (κ2) is 4.02. The maximum atomic E-state index is 6.94. The molecule has 0 atom stereocenters. The third-order valence-corrected chi connectivity index (χ3v) is 1.90. The molecule has 0 saturated heterocycles. The zero-order chi connectivity index (χ0) is 8.10. The van der Waals surface area contributed by atoms with E-state index in [0.29, 0.717) is 0 Å². The molecule has 0 aromatic carbocycles. The molecule has 0 aliphatic carbocycles. The molecule has 0 saturated carbocycles. The minimum Gasteiger partial charge on any atom is -0.379 e. The van der Waals surface area contributed by atoms with Crippen molar-refractivity contribution in [3.05, 3.63) is 18.2 Å². The van der Waals surface area contributed by atoms with Gasteiger partial charge in [-0.1, -0.05) is 11.8 Å². The van der Waals surface area contributed by atoms with E-state index in [9.17, 15) is 0 Å². The van der Waals surface area contributed by atoms with Crippen molar-refractivity contribution in [1.82, 2.24) is 9.97 Å². The first-order valence-electron chi connectivity index (χ1n) is 3.23. The van der Waals surface area contributed by atoms with Crippen molar-refractivity contribution < 1.29 is 2.85 Å². The van der Waals surface area contributed by atoms with Gasteiger partial charge in [-0.3, -0.25) is 5.41 Å². The van der Waals surface area contributed by atoms with Crippen molar-refractivity contribution in [2.75, 3.05) is 5.75 Å². The largest absolute Gasteiger partial charge is 1.00 e. The summed E-state index contributed by atoms with van der Waals surface area (Å²) in [6.07, 6.45) is 4.30. The zero-order valence-corrected chi connectivity index (χ0v) is 6.82. The third kappa shape index (κ3) is 3.08. The van der Waals surface area contributed by atoms with Crippen molar-refractivity contribution in [1.29, 1.82) is 5.41 Å². The van der Waals surface area contributed by atoms with E-state index in [0.717, 1.165) is 17.9 Å². The predicted octanol–water partition coefficient (Wildman–Crippen LogP) is 0.804. The molecular formula is C6H12N4S+2. The van der Waals surface area contributed by atoms with E-state index in [2.05, 4.69) is 9.97 Å². The topological polar surface area (TPSA) is 78.6 Å². The molecule has 0 unspecified atom stereocenters. The summed E-state index contributed by atoms with van der Waals surface area (Å²) >= 11 is 1.34. The molecule has 0 radical (unpaired) electrons. The van der Waals surface area contributed by atoms with Gasteiger partial charge in [0.1, 0.15) is 0 Å². The molecule has 4 N–H and O–H groups in total. The fourth-order valence-electron chi connectivity index (χ4n) is 0.692. The van der Waals surface area contributed by atoms with Crippen LogP contribution in [0.4, 0.5) is 0 Å². The first-order valence-corrected chi connectivity index (χ1v) is 4.21. The molecule has 0 bridgehead atoms. The average molecular weight is 172 g/mol. The summed E-state index contributed by atoms with van der Waals surface area (Å²) in [6.45, 7) is 0. The lowest BCUT2D eigenvalue weighted by Gasteiger charge is -1.95. The Morgan fingerprint density at radius 1 is 1.91 bits per heavy atom. The van der Waals surface area contributed by atoms with Crippen molar-refractivity contribution in [2.24, 2.45) is 5.73 Å². The Morgan fingerprint density at radius 3 is 3.27 bits per heavy atom. The normalized spacial score (nSPS) is 9.82. The molecule has 11 heavy (non-hydrogen) atoms. The number of H-pyrrole nitrogens is 1. The molecule has 1 aromatic rings. The number of aromatic amines is 1. The number of nitrogens with one attached hydrogen (secondary N) is 2. The quantitative estimate of drug-likeness (QED) is 0.466. The molecule has 0 fully saturated rings. The molecular weight excluding hydrogens is 160 g/mol. The van der Waals surface area contributed by atoms with Crippen LogP contribution < -0.4 is 5.73 Å².